The van der Waals surface area contributed by atoms with E-state index in [1.165, 1.54) is 0 Å². The second kappa shape index (κ2) is 6.72. The molecule has 0 radical (unpaired) electrons. The number of hydrogen-bond acceptors (Lipinski definition) is 2. The summed E-state index contributed by atoms with van der Waals surface area (Å²) in [4.78, 5) is 0. The third-order valence-electron chi connectivity index (χ3n) is 2.07. The van der Waals surface area contributed by atoms with Gasteiger partial charge >= 0.3 is 0 Å². The van der Waals surface area contributed by atoms with Crippen molar-refractivity contribution >= 4 is 0 Å². The van der Waals surface area contributed by atoms with Crippen molar-refractivity contribution in [3.8, 4) is 0 Å². The van der Waals surface area contributed by atoms with Gasteiger partial charge in [0.15, 0.2) is 0 Å². The molecule has 0 spiro atoms. The second-order valence-corrected chi connectivity index (χ2v) is 3.36. The van der Waals surface area contributed by atoms with E-state index in [1.54, 1.807) is 13.3 Å². The molecule has 2 heteroatoms. The molecule has 1 unspecified atom stereocenters. The molecule has 0 rings (SSSR count). The first-order chi connectivity index (χ1) is 6.15. The van der Waals surface area contributed by atoms with E-state index in [4.69, 9.17) is 10.5 Å². The molecule has 0 aliphatic carbocycles. The maximum absolute atomic E-state index is 5.49. The molecular weight excluding hydrogens is 162 g/mol. The minimum Gasteiger partial charge on any atom is -0.404 e. The predicted molar refractivity (Wildman–Crippen MR) is 57.3 cm³/mol. The zero-order valence-corrected chi connectivity index (χ0v) is 9.08. The summed E-state index contributed by atoms with van der Waals surface area (Å²) in [6.07, 6.45) is 6.95. The highest BCUT2D eigenvalue weighted by molar-refractivity contribution is 5.20. The number of hydrogen-bond donors (Lipinski definition) is 1. The van der Waals surface area contributed by atoms with Crippen LogP contribution < -0.4 is 5.73 Å². The predicted octanol–water partition coefficient (Wildman–Crippen LogP) is 2.47. The molecule has 0 fully saturated rings. The van der Waals surface area contributed by atoms with Gasteiger partial charge in [0.1, 0.15) is 0 Å². The van der Waals surface area contributed by atoms with Gasteiger partial charge in [-0.25, -0.2) is 0 Å². The summed E-state index contributed by atoms with van der Waals surface area (Å²) in [5.74, 6) is 0.468. The van der Waals surface area contributed by atoms with Crippen LogP contribution in [-0.2, 0) is 4.74 Å². The number of nitrogens with two attached hydrogens (primary N) is 1. The van der Waals surface area contributed by atoms with E-state index < -0.39 is 0 Å². The maximum Gasteiger partial charge on any atom is 0.0752 e. The van der Waals surface area contributed by atoms with E-state index in [1.807, 2.05) is 6.08 Å². The van der Waals surface area contributed by atoms with E-state index >= 15 is 0 Å². The Morgan fingerprint density at radius 1 is 1.46 bits per heavy atom. The van der Waals surface area contributed by atoms with Crippen LogP contribution in [-0.4, -0.2) is 13.2 Å². The minimum absolute atomic E-state index is 0.202. The number of ether oxygens (including phenoxy) is 1. The van der Waals surface area contributed by atoms with Crippen molar-refractivity contribution in [3.63, 3.8) is 0 Å². The first-order valence-electron chi connectivity index (χ1n) is 4.78. The Balaban J connectivity index is 4.22. The lowest BCUT2D eigenvalue weighted by Gasteiger charge is -2.09. The van der Waals surface area contributed by atoms with E-state index in [2.05, 4.69) is 26.8 Å². The molecule has 2 N–H and O–H groups in total. The Kier molecular flexibility index (Phi) is 6.33. The van der Waals surface area contributed by atoms with Gasteiger partial charge < -0.3 is 10.5 Å². The highest BCUT2D eigenvalue weighted by atomic mass is 16.5. The lowest BCUT2D eigenvalue weighted by molar-refractivity contribution is 0.138. The Morgan fingerprint density at radius 3 is 2.38 bits per heavy atom. The molecule has 13 heavy (non-hydrogen) atoms. The summed E-state index contributed by atoms with van der Waals surface area (Å²) in [6.45, 7) is 6.34. The van der Waals surface area contributed by atoms with E-state index in [0.717, 1.165) is 12.0 Å². The van der Waals surface area contributed by atoms with Gasteiger partial charge in [-0.3, -0.25) is 0 Å². The van der Waals surface area contributed by atoms with E-state index in [-0.39, 0.29) is 6.10 Å². The molecule has 76 valence electrons. The van der Waals surface area contributed by atoms with Gasteiger partial charge in [0.2, 0.25) is 0 Å². The molecule has 0 aromatic rings. The zero-order chi connectivity index (χ0) is 10.3. The topological polar surface area (TPSA) is 35.2 Å². The van der Waals surface area contributed by atoms with Crippen molar-refractivity contribution in [2.24, 2.45) is 11.7 Å². The molecule has 0 amide bonds. The first kappa shape index (κ1) is 12.2. The Labute approximate surface area is 81.5 Å². The Morgan fingerprint density at radius 2 is 2.08 bits per heavy atom. The molecule has 0 saturated heterocycles. The van der Waals surface area contributed by atoms with Crippen LogP contribution in [0, 0.1) is 5.92 Å². The number of rotatable bonds is 5. The SMILES string of the molecule is CCC(/C=C\C(=C/N)C(C)C)OC. The summed E-state index contributed by atoms with van der Waals surface area (Å²) >= 11 is 0. The number of methoxy groups -OCH3 is 1. The molecule has 0 aromatic heterocycles. The van der Waals surface area contributed by atoms with Crippen molar-refractivity contribution in [1.29, 1.82) is 0 Å². The molecule has 0 saturated carbocycles. The van der Waals surface area contributed by atoms with Crippen LogP contribution in [0.3, 0.4) is 0 Å². The summed E-state index contributed by atoms with van der Waals surface area (Å²) < 4.78 is 5.22. The average molecular weight is 183 g/mol. The van der Waals surface area contributed by atoms with E-state index in [0.29, 0.717) is 5.92 Å². The van der Waals surface area contributed by atoms with Crippen LogP contribution in [0.1, 0.15) is 27.2 Å². The number of allylic oxidation sites excluding steroid dienone is 2. The third kappa shape index (κ3) is 4.73. The monoisotopic (exact) mass is 183 g/mol. The fourth-order valence-electron chi connectivity index (χ4n) is 1.04. The average Bonchev–Trinajstić information content (AvgIpc) is 2.12. The highest BCUT2D eigenvalue weighted by Gasteiger charge is 2.00. The summed E-state index contributed by atoms with van der Waals surface area (Å²) in [5, 5.41) is 0. The fourth-order valence-corrected chi connectivity index (χ4v) is 1.04. The Hall–Kier alpha value is -0.760. The van der Waals surface area contributed by atoms with Crippen LogP contribution in [0.15, 0.2) is 23.9 Å². The zero-order valence-electron chi connectivity index (χ0n) is 9.08. The normalized spacial score (nSPS) is 15.6. The van der Waals surface area contributed by atoms with Gasteiger partial charge in [-0.15, -0.1) is 0 Å². The van der Waals surface area contributed by atoms with Crippen LogP contribution >= 0.6 is 0 Å². The van der Waals surface area contributed by atoms with Crippen LogP contribution in [0.4, 0.5) is 0 Å². The van der Waals surface area contributed by atoms with Crippen molar-refractivity contribution in [3.05, 3.63) is 23.9 Å². The van der Waals surface area contributed by atoms with Crippen molar-refractivity contribution in [2.75, 3.05) is 7.11 Å². The van der Waals surface area contributed by atoms with Gasteiger partial charge in [-0.1, -0.05) is 32.9 Å². The smallest absolute Gasteiger partial charge is 0.0752 e. The lowest BCUT2D eigenvalue weighted by Crippen LogP contribution is -2.05. The summed E-state index contributed by atoms with van der Waals surface area (Å²) in [5.41, 5.74) is 6.64. The molecule has 2 nitrogen and oxygen atoms in total. The quantitative estimate of drug-likeness (QED) is 0.664. The van der Waals surface area contributed by atoms with Crippen molar-refractivity contribution < 1.29 is 4.74 Å². The largest absolute Gasteiger partial charge is 0.404 e. The fraction of sp³-hybridized carbons (Fsp3) is 0.636. The van der Waals surface area contributed by atoms with E-state index in [9.17, 15) is 0 Å². The molecule has 0 aromatic carbocycles. The molecule has 1 atom stereocenters. The maximum atomic E-state index is 5.49. The van der Waals surface area contributed by atoms with Gasteiger partial charge in [-0.05, 0) is 24.1 Å². The summed E-state index contributed by atoms with van der Waals surface area (Å²) in [6, 6.07) is 0. The summed E-state index contributed by atoms with van der Waals surface area (Å²) in [7, 11) is 1.72. The first-order valence-corrected chi connectivity index (χ1v) is 4.78. The lowest BCUT2D eigenvalue weighted by atomic mass is 10.0. The molecular formula is C11H21NO. The standard InChI is InChI=1S/C11H21NO/c1-5-11(13-4)7-6-10(8-12)9(2)3/h6-9,11H,5,12H2,1-4H3/b7-6-,10-8+. The van der Waals surface area contributed by atoms with Crippen molar-refractivity contribution in [1.82, 2.24) is 0 Å². The Bertz CT molecular complexity index is 179. The van der Waals surface area contributed by atoms with Crippen LogP contribution in [0.25, 0.3) is 0 Å². The second-order valence-electron chi connectivity index (χ2n) is 3.36. The van der Waals surface area contributed by atoms with Gasteiger partial charge in [0.05, 0.1) is 6.10 Å². The van der Waals surface area contributed by atoms with Gasteiger partial charge in [-0.2, -0.15) is 0 Å². The highest BCUT2D eigenvalue weighted by Crippen LogP contribution is 2.10. The van der Waals surface area contributed by atoms with Gasteiger partial charge in [0, 0.05) is 7.11 Å². The molecule has 0 bridgehead atoms. The molecule has 0 heterocycles. The molecule has 0 aliphatic heterocycles. The van der Waals surface area contributed by atoms with Crippen molar-refractivity contribution in [2.45, 2.75) is 33.3 Å². The van der Waals surface area contributed by atoms with Crippen LogP contribution in [0.5, 0.6) is 0 Å². The third-order valence-corrected chi connectivity index (χ3v) is 2.07. The minimum atomic E-state index is 0.202. The van der Waals surface area contributed by atoms with Gasteiger partial charge in [0.25, 0.3) is 0 Å². The molecule has 0 aliphatic rings. The van der Waals surface area contributed by atoms with Crippen LogP contribution in [0.2, 0.25) is 0 Å².